The first-order chi connectivity index (χ1) is 8.31. The standard InChI is InChI=1S/C15H20O2/c1-2-3-4-8-14(16)13-10-12-7-5-6-9-15(12)17-11-13/h5-7,9,13H,2-4,8,10-11H2,1H3. The number of para-hydroxylation sites is 1. The number of ether oxygens (including phenoxy) is 1. The predicted octanol–water partition coefficient (Wildman–Crippen LogP) is 3.39. The van der Waals surface area contributed by atoms with Gasteiger partial charge in [-0.25, -0.2) is 0 Å². The maximum Gasteiger partial charge on any atom is 0.139 e. The highest BCUT2D eigenvalue weighted by molar-refractivity contribution is 5.81. The summed E-state index contributed by atoms with van der Waals surface area (Å²) in [7, 11) is 0. The van der Waals surface area contributed by atoms with E-state index >= 15 is 0 Å². The fourth-order valence-electron chi connectivity index (χ4n) is 2.29. The van der Waals surface area contributed by atoms with Crippen molar-refractivity contribution in [2.45, 2.75) is 39.0 Å². The first-order valence-electron chi connectivity index (χ1n) is 6.54. The lowest BCUT2D eigenvalue weighted by atomic mass is 9.91. The Hall–Kier alpha value is -1.31. The fraction of sp³-hybridized carbons (Fsp3) is 0.533. The molecule has 2 rings (SSSR count). The van der Waals surface area contributed by atoms with Crippen molar-refractivity contribution in [2.75, 3.05) is 6.61 Å². The smallest absolute Gasteiger partial charge is 0.139 e. The summed E-state index contributed by atoms with van der Waals surface area (Å²) in [5.41, 5.74) is 1.17. The van der Waals surface area contributed by atoms with Crippen molar-refractivity contribution in [3.05, 3.63) is 29.8 Å². The molecule has 1 aliphatic heterocycles. The zero-order chi connectivity index (χ0) is 12.1. The van der Waals surface area contributed by atoms with Crippen LogP contribution in [0, 0.1) is 5.92 Å². The van der Waals surface area contributed by atoms with Crippen molar-refractivity contribution in [1.29, 1.82) is 0 Å². The maximum atomic E-state index is 12.0. The summed E-state index contributed by atoms with van der Waals surface area (Å²) in [6, 6.07) is 8.02. The average Bonchev–Trinajstić information content (AvgIpc) is 2.38. The minimum absolute atomic E-state index is 0.0711. The molecule has 0 saturated heterocycles. The third-order valence-corrected chi connectivity index (χ3v) is 3.36. The van der Waals surface area contributed by atoms with E-state index in [1.165, 1.54) is 5.56 Å². The zero-order valence-electron chi connectivity index (χ0n) is 10.4. The van der Waals surface area contributed by atoms with E-state index in [-0.39, 0.29) is 5.92 Å². The maximum absolute atomic E-state index is 12.0. The third-order valence-electron chi connectivity index (χ3n) is 3.36. The molecule has 1 atom stereocenters. The normalized spacial score (nSPS) is 18.3. The number of ketones is 1. The lowest BCUT2D eigenvalue weighted by Crippen LogP contribution is -2.28. The van der Waals surface area contributed by atoms with E-state index in [2.05, 4.69) is 13.0 Å². The first kappa shape index (κ1) is 12.2. The molecule has 17 heavy (non-hydrogen) atoms. The van der Waals surface area contributed by atoms with Crippen LogP contribution in [0.5, 0.6) is 5.75 Å². The number of fused-ring (bicyclic) bond motifs is 1. The van der Waals surface area contributed by atoms with Gasteiger partial charge in [0, 0.05) is 6.42 Å². The van der Waals surface area contributed by atoms with Gasteiger partial charge in [-0.15, -0.1) is 0 Å². The van der Waals surface area contributed by atoms with Crippen molar-refractivity contribution in [2.24, 2.45) is 5.92 Å². The lowest BCUT2D eigenvalue weighted by molar-refractivity contribution is -0.124. The number of unbranched alkanes of at least 4 members (excludes halogenated alkanes) is 2. The molecular weight excluding hydrogens is 212 g/mol. The SMILES string of the molecule is CCCCCC(=O)C1COc2ccccc2C1. The Balaban J connectivity index is 1.91. The Kier molecular flexibility index (Phi) is 4.18. The Labute approximate surface area is 103 Å². The molecule has 0 bridgehead atoms. The molecule has 1 unspecified atom stereocenters. The summed E-state index contributed by atoms with van der Waals surface area (Å²) in [5.74, 6) is 1.39. The minimum atomic E-state index is 0.0711. The molecular formula is C15H20O2. The van der Waals surface area contributed by atoms with Gasteiger partial charge in [0.05, 0.1) is 12.5 Å². The third kappa shape index (κ3) is 3.09. The number of carbonyl (C=O) groups excluding carboxylic acids is 1. The Bertz CT molecular complexity index is 384. The summed E-state index contributed by atoms with van der Waals surface area (Å²) in [6.07, 6.45) is 4.89. The average molecular weight is 232 g/mol. The second kappa shape index (κ2) is 5.85. The van der Waals surface area contributed by atoms with Crippen LogP contribution >= 0.6 is 0 Å². The molecule has 1 aliphatic rings. The Morgan fingerprint density at radius 2 is 2.18 bits per heavy atom. The van der Waals surface area contributed by atoms with Crippen LogP contribution in [0.25, 0.3) is 0 Å². The van der Waals surface area contributed by atoms with Gasteiger partial charge in [-0.05, 0) is 24.5 Å². The highest BCUT2D eigenvalue weighted by Gasteiger charge is 2.24. The molecule has 1 aromatic rings. The molecule has 0 N–H and O–H groups in total. The Morgan fingerprint density at radius 3 is 3.00 bits per heavy atom. The molecule has 2 nitrogen and oxygen atoms in total. The molecule has 0 fully saturated rings. The monoisotopic (exact) mass is 232 g/mol. The summed E-state index contributed by atoms with van der Waals surface area (Å²) in [4.78, 5) is 12.0. The predicted molar refractivity (Wildman–Crippen MR) is 68.3 cm³/mol. The van der Waals surface area contributed by atoms with Gasteiger partial charge in [-0.2, -0.15) is 0 Å². The van der Waals surface area contributed by atoms with Gasteiger partial charge >= 0.3 is 0 Å². The van der Waals surface area contributed by atoms with Crippen LogP contribution in [-0.4, -0.2) is 12.4 Å². The summed E-state index contributed by atoms with van der Waals surface area (Å²) < 4.78 is 5.64. The van der Waals surface area contributed by atoms with Crippen molar-refractivity contribution in [3.63, 3.8) is 0 Å². The van der Waals surface area contributed by atoms with Crippen molar-refractivity contribution < 1.29 is 9.53 Å². The highest BCUT2D eigenvalue weighted by Crippen LogP contribution is 2.27. The van der Waals surface area contributed by atoms with Gasteiger partial charge in [-0.1, -0.05) is 38.0 Å². The van der Waals surface area contributed by atoms with Gasteiger partial charge in [0.1, 0.15) is 11.5 Å². The fourth-order valence-corrected chi connectivity index (χ4v) is 2.29. The molecule has 0 aromatic heterocycles. The van der Waals surface area contributed by atoms with E-state index in [1.807, 2.05) is 18.2 Å². The largest absolute Gasteiger partial charge is 0.493 e. The number of hydrogen-bond donors (Lipinski definition) is 0. The zero-order valence-corrected chi connectivity index (χ0v) is 10.4. The summed E-state index contributed by atoms with van der Waals surface area (Å²) >= 11 is 0. The second-order valence-electron chi connectivity index (χ2n) is 4.74. The first-order valence-corrected chi connectivity index (χ1v) is 6.54. The molecule has 1 heterocycles. The molecule has 92 valence electrons. The van der Waals surface area contributed by atoms with Crippen LogP contribution in [0.4, 0.5) is 0 Å². The molecule has 0 aliphatic carbocycles. The molecule has 2 heteroatoms. The summed E-state index contributed by atoms with van der Waals surface area (Å²) in [5, 5.41) is 0. The topological polar surface area (TPSA) is 26.3 Å². The number of rotatable bonds is 5. The molecule has 1 aromatic carbocycles. The van der Waals surface area contributed by atoms with Crippen molar-refractivity contribution in [3.8, 4) is 5.75 Å². The summed E-state index contributed by atoms with van der Waals surface area (Å²) in [6.45, 7) is 2.71. The quantitative estimate of drug-likeness (QED) is 0.727. The van der Waals surface area contributed by atoms with Crippen LogP contribution in [0.3, 0.4) is 0 Å². The van der Waals surface area contributed by atoms with Gasteiger partial charge in [-0.3, -0.25) is 4.79 Å². The lowest BCUT2D eigenvalue weighted by Gasteiger charge is -2.24. The van der Waals surface area contributed by atoms with Crippen LogP contribution in [-0.2, 0) is 11.2 Å². The van der Waals surface area contributed by atoms with Gasteiger partial charge < -0.3 is 4.74 Å². The van der Waals surface area contributed by atoms with E-state index in [0.717, 1.165) is 31.4 Å². The van der Waals surface area contributed by atoms with Crippen LogP contribution in [0.1, 0.15) is 38.2 Å². The Morgan fingerprint density at radius 1 is 1.35 bits per heavy atom. The van der Waals surface area contributed by atoms with E-state index in [9.17, 15) is 4.79 Å². The minimum Gasteiger partial charge on any atom is -0.493 e. The second-order valence-corrected chi connectivity index (χ2v) is 4.74. The van der Waals surface area contributed by atoms with E-state index in [4.69, 9.17) is 4.74 Å². The molecule has 0 saturated carbocycles. The van der Waals surface area contributed by atoms with Crippen LogP contribution < -0.4 is 4.74 Å². The number of Topliss-reactive ketones (excluding diaryl/α,β-unsaturated/α-hetero) is 1. The van der Waals surface area contributed by atoms with Gasteiger partial charge in [0.25, 0.3) is 0 Å². The number of benzene rings is 1. The van der Waals surface area contributed by atoms with E-state index in [0.29, 0.717) is 18.8 Å². The number of hydrogen-bond acceptors (Lipinski definition) is 2. The number of carbonyl (C=O) groups is 1. The van der Waals surface area contributed by atoms with Crippen LogP contribution in [0.2, 0.25) is 0 Å². The molecule has 0 radical (unpaired) electrons. The van der Waals surface area contributed by atoms with Gasteiger partial charge in [0.2, 0.25) is 0 Å². The van der Waals surface area contributed by atoms with Crippen molar-refractivity contribution >= 4 is 5.78 Å². The van der Waals surface area contributed by atoms with E-state index < -0.39 is 0 Å². The molecule has 0 amide bonds. The molecule has 0 spiro atoms. The van der Waals surface area contributed by atoms with Crippen LogP contribution in [0.15, 0.2) is 24.3 Å². The van der Waals surface area contributed by atoms with Crippen molar-refractivity contribution in [1.82, 2.24) is 0 Å². The highest BCUT2D eigenvalue weighted by atomic mass is 16.5. The van der Waals surface area contributed by atoms with E-state index in [1.54, 1.807) is 0 Å². The van der Waals surface area contributed by atoms with Gasteiger partial charge in [0.15, 0.2) is 0 Å².